The summed E-state index contributed by atoms with van der Waals surface area (Å²) in [7, 11) is 0. The van der Waals surface area contributed by atoms with Crippen molar-refractivity contribution in [2.45, 2.75) is 57.5 Å². The average molecular weight is 364 g/mol. The number of hydrogen-bond donors (Lipinski definition) is 1. The summed E-state index contributed by atoms with van der Waals surface area (Å²) in [6.45, 7) is 3.24. The third-order valence-electron chi connectivity index (χ3n) is 5.21. The van der Waals surface area contributed by atoms with Gasteiger partial charge in [-0.15, -0.1) is 0 Å². The fraction of sp³-hybridized carbons (Fsp3) is 0.579. The minimum absolute atomic E-state index is 0.0355. The lowest BCUT2D eigenvalue weighted by Crippen LogP contribution is -2.50. The molecule has 1 saturated carbocycles. The Morgan fingerprint density at radius 3 is 2.56 bits per heavy atom. The van der Waals surface area contributed by atoms with E-state index in [0.29, 0.717) is 30.6 Å². The number of anilines is 1. The van der Waals surface area contributed by atoms with Crippen molar-refractivity contribution in [3.63, 3.8) is 0 Å². The maximum atomic E-state index is 12.7. The molecule has 0 bridgehead atoms. The highest BCUT2D eigenvalue weighted by molar-refractivity contribution is 6.30. The van der Waals surface area contributed by atoms with Crippen LogP contribution in [0, 0.1) is 0 Å². The third kappa shape index (κ3) is 4.27. The second-order valence-electron chi connectivity index (χ2n) is 6.91. The Kier molecular flexibility index (Phi) is 5.84. The molecule has 1 atom stereocenters. The number of benzene rings is 1. The van der Waals surface area contributed by atoms with E-state index in [-0.39, 0.29) is 18.0 Å². The van der Waals surface area contributed by atoms with Crippen molar-refractivity contribution in [2.24, 2.45) is 0 Å². The number of urea groups is 1. The van der Waals surface area contributed by atoms with Crippen molar-refractivity contribution in [1.82, 2.24) is 10.2 Å². The first kappa shape index (κ1) is 18.1. The zero-order chi connectivity index (χ0) is 17.8. The molecule has 1 aromatic carbocycles. The van der Waals surface area contributed by atoms with Crippen LogP contribution in [-0.4, -0.2) is 42.0 Å². The molecule has 0 spiro atoms. The van der Waals surface area contributed by atoms with Crippen LogP contribution in [0.15, 0.2) is 24.3 Å². The molecule has 3 amide bonds. The molecule has 2 fully saturated rings. The fourth-order valence-electron chi connectivity index (χ4n) is 3.89. The zero-order valence-corrected chi connectivity index (χ0v) is 15.5. The van der Waals surface area contributed by atoms with Crippen LogP contribution in [0.3, 0.4) is 0 Å². The Balaban J connectivity index is 1.60. The van der Waals surface area contributed by atoms with Gasteiger partial charge < -0.3 is 15.1 Å². The van der Waals surface area contributed by atoms with Gasteiger partial charge in [0, 0.05) is 36.3 Å². The van der Waals surface area contributed by atoms with Gasteiger partial charge in [-0.25, -0.2) is 4.79 Å². The van der Waals surface area contributed by atoms with E-state index in [4.69, 9.17) is 11.6 Å². The Hall–Kier alpha value is -1.75. The van der Waals surface area contributed by atoms with Crippen molar-refractivity contribution in [3.8, 4) is 0 Å². The number of carbonyl (C=O) groups is 2. The second-order valence-corrected chi connectivity index (χ2v) is 7.35. The molecule has 1 saturated heterocycles. The van der Waals surface area contributed by atoms with E-state index < -0.39 is 0 Å². The molecule has 6 heteroatoms. The molecule has 1 aliphatic carbocycles. The SMILES string of the molecule is CCN(C(=O)N[C@H]1CC(=O)N(c2ccc(Cl)cc2)C1)C1CCCCC1. The molecular formula is C19H26ClN3O2. The summed E-state index contributed by atoms with van der Waals surface area (Å²) in [5, 5.41) is 3.71. The Bertz CT molecular complexity index is 614. The van der Waals surface area contributed by atoms with Gasteiger partial charge in [0.2, 0.25) is 5.91 Å². The minimum atomic E-state index is -0.145. The summed E-state index contributed by atoms with van der Waals surface area (Å²) < 4.78 is 0. The second kappa shape index (κ2) is 8.09. The molecule has 136 valence electrons. The number of halogens is 1. The molecule has 1 heterocycles. The summed E-state index contributed by atoms with van der Waals surface area (Å²) in [4.78, 5) is 28.7. The number of rotatable bonds is 4. The van der Waals surface area contributed by atoms with E-state index in [2.05, 4.69) is 5.32 Å². The lowest BCUT2D eigenvalue weighted by molar-refractivity contribution is -0.117. The van der Waals surface area contributed by atoms with Crippen LogP contribution in [0.1, 0.15) is 45.4 Å². The van der Waals surface area contributed by atoms with Gasteiger partial charge in [0.25, 0.3) is 0 Å². The van der Waals surface area contributed by atoms with Gasteiger partial charge in [-0.2, -0.15) is 0 Å². The van der Waals surface area contributed by atoms with Crippen molar-refractivity contribution >= 4 is 29.2 Å². The maximum absolute atomic E-state index is 12.7. The van der Waals surface area contributed by atoms with Gasteiger partial charge in [0.05, 0.1) is 6.04 Å². The summed E-state index contributed by atoms with van der Waals surface area (Å²) in [6.07, 6.45) is 6.17. The number of carbonyl (C=O) groups excluding carboxylic acids is 2. The van der Waals surface area contributed by atoms with E-state index in [0.717, 1.165) is 18.5 Å². The molecule has 2 aliphatic rings. The van der Waals surface area contributed by atoms with Crippen molar-refractivity contribution < 1.29 is 9.59 Å². The maximum Gasteiger partial charge on any atom is 0.317 e. The Morgan fingerprint density at radius 1 is 1.24 bits per heavy atom. The van der Waals surface area contributed by atoms with Crippen LogP contribution in [-0.2, 0) is 4.79 Å². The quantitative estimate of drug-likeness (QED) is 0.884. The average Bonchev–Trinajstić information content (AvgIpc) is 2.97. The van der Waals surface area contributed by atoms with E-state index >= 15 is 0 Å². The normalized spacial score (nSPS) is 21.4. The lowest BCUT2D eigenvalue weighted by atomic mass is 9.94. The zero-order valence-electron chi connectivity index (χ0n) is 14.7. The summed E-state index contributed by atoms with van der Waals surface area (Å²) in [6, 6.07) is 7.38. The highest BCUT2D eigenvalue weighted by Crippen LogP contribution is 2.25. The number of amides is 3. The summed E-state index contributed by atoms with van der Waals surface area (Å²) >= 11 is 5.91. The predicted octanol–water partition coefficient (Wildman–Crippen LogP) is 3.81. The Morgan fingerprint density at radius 2 is 1.92 bits per heavy atom. The first-order chi connectivity index (χ1) is 12.1. The summed E-state index contributed by atoms with van der Waals surface area (Å²) in [5.74, 6) is 0.0355. The molecule has 25 heavy (non-hydrogen) atoms. The monoisotopic (exact) mass is 363 g/mol. The minimum Gasteiger partial charge on any atom is -0.333 e. The van der Waals surface area contributed by atoms with Crippen LogP contribution >= 0.6 is 11.6 Å². The highest BCUT2D eigenvalue weighted by atomic mass is 35.5. The van der Waals surface area contributed by atoms with Crippen molar-refractivity contribution in [3.05, 3.63) is 29.3 Å². The molecular weight excluding hydrogens is 338 g/mol. The van der Waals surface area contributed by atoms with E-state index in [1.165, 1.54) is 19.3 Å². The third-order valence-corrected chi connectivity index (χ3v) is 5.46. The first-order valence-corrected chi connectivity index (χ1v) is 9.59. The number of hydrogen-bond acceptors (Lipinski definition) is 2. The predicted molar refractivity (Wildman–Crippen MR) is 100.0 cm³/mol. The smallest absolute Gasteiger partial charge is 0.317 e. The number of nitrogens with zero attached hydrogens (tertiary/aromatic N) is 2. The molecule has 0 radical (unpaired) electrons. The van der Waals surface area contributed by atoms with E-state index in [1.807, 2.05) is 24.0 Å². The first-order valence-electron chi connectivity index (χ1n) is 9.21. The van der Waals surface area contributed by atoms with Gasteiger partial charge >= 0.3 is 6.03 Å². The fourth-order valence-corrected chi connectivity index (χ4v) is 4.02. The standard InChI is InChI=1S/C19H26ClN3O2/c1-2-22(16-6-4-3-5-7-16)19(25)21-15-12-18(24)23(13-15)17-10-8-14(20)9-11-17/h8-11,15-16H,2-7,12-13H2,1H3,(H,21,25)/t15-/m0/s1. The largest absolute Gasteiger partial charge is 0.333 e. The van der Waals surface area contributed by atoms with Gasteiger partial charge in [-0.1, -0.05) is 30.9 Å². The lowest BCUT2D eigenvalue weighted by Gasteiger charge is -2.34. The van der Waals surface area contributed by atoms with Crippen molar-refractivity contribution in [1.29, 1.82) is 0 Å². The van der Waals surface area contributed by atoms with Gasteiger partial charge in [0.15, 0.2) is 0 Å². The van der Waals surface area contributed by atoms with Gasteiger partial charge in [-0.05, 0) is 44.0 Å². The van der Waals surface area contributed by atoms with Gasteiger partial charge in [0.1, 0.15) is 0 Å². The molecule has 1 N–H and O–H groups in total. The number of nitrogens with one attached hydrogen (secondary N) is 1. The van der Waals surface area contributed by atoms with Crippen LogP contribution in [0.2, 0.25) is 5.02 Å². The van der Waals surface area contributed by atoms with E-state index in [9.17, 15) is 9.59 Å². The van der Waals surface area contributed by atoms with Gasteiger partial charge in [-0.3, -0.25) is 4.79 Å². The molecule has 3 rings (SSSR count). The topological polar surface area (TPSA) is 52.7 Å². The molecule has 1 aromatic rings. The van der Waals surface area contributed by atoms with Crippen LogP contribution < -0.4 is 10.2 Å². The molecule has 0 unspecified atom stereocenters. The molecule has 5 nitrogen and oxygen atoms in total. The van der Waals surface area contributed by atoms with Crippen LogP contribution in [0.25, 0.3) is 0 Å². The summed E-state index contributed by atoms with van der Waals surface area (Å²) in [5.41, 5.74) is 0.825. The highest BCUT2D eigenvalue weighted by Gasteiger charge is 2.33. The van der Waals surface area contributed by atoms with E-state index in [1.54, 1.807) is 17.0 Å². The Labute approximate surface area is 154 Å². The van der Waals surface area contributed by atoms with Crippen LogP contribution in [0.5, 0.6) is 0 Å². The molecule has 0 aromatic heterocycles. The molecule has 1 aliphatic heterocycles. The van der Waals surface area contributed by atoms with Crippen LogP contribution in [0.4, 0.5) is 10.5 Å². The van der Waals surface area contributed by atoms with Crippen molar-refractivity contribution in [2.75, 3.05) is 18.0 Å².